The van der Waals surface area contributed by atoms with E-state index in [4.69, 9.17) is 0 Å². The molecule has 1 saturated heterocycles. The minimum atomic E-state index is -0.106. The van der Waals surface area contributed by atoms with Crippen molar-refractivity contribution in [3.05, 3.63) is 70.1 Å². The SMILES string of the molecule is CC1=CC(C)(C)N(C)c2ccc(/C=C3\SC(=Nc4ccccc4C)NC3=O)cc21. The highest BCUT2D eigenvalue weighted by Crippen LogP contribution is 2.39. The predicted octanol–water partition coefficient (Wildman–Crippen LogP) is 5.52. The van der Waals surface area contributed by atoms with Crippen molar-refractivity contribution in [2.24, 2.45) is 4.99 Å². The zero-order chi connectivity index (χ0) is 20.8. The first-order valence-electron chi connectivity index (χ1n) is 9.67. The predicted molar refractivity (Wildman–Crippen MR) is 125 cm³/mol. The molecule has 0 aromatic heterocycles. The number of hydrogen-bond donors (Lipinski definition) is 1. The molecule has 2 aliphatic heterocycles. The molecule has 4 rings (SSSR count). The van der Waals surface area contributed by atoms with Crippen LogP contribution in [0, 0.1) is 6.92 Å². The standard InChI is InChI=1S/C24H25N3OS/c1-15-8-6-7-9-19(15)25-23-26-22(28)21(29-23)13-17-10-11-20-18(12-17)16(2)14-24(3,4)27(20)5/h6-14H,1-5H3,(H,25,26,28)/b21-13-. The summed E-state index contributed by atoms with van der Waals surface area (Å²) in [5, 5.41) is 3.49. The van der Waals surface area contributed by atoms with E-state index in [0.717, 1.165) is 16.8 Å². The van der Waals surface area contributed by atoms with Gasteiger partial charge in [-0.15, -0.1) is 0 Å². The van der Waals surface area contributed by atoms with E-state index in [-0.39, 0.29) is 11.4 Å². The molecule has 1 amide bonds. The van der Waals surface area contributed by atoms with Gasteiger partial charge >= 0.3 is 0 Å². The minimum Gasteiger partial charge on any atom is -0.366 e. The number of carbonyl (C=O) groups is 1. The van der Waals surface area contributed by atoms with Crippen LogP contribution in [0.15, 0.2) is 58.4 Å². The Bertz CT molecular complexity index is 1100. The Balaban J connectivity index is 1.63. The Hall–Kier alpha value is -2.79. The summed E-state index contributed by atoms with van der Waals surface area (Å²) >= 11 is 1.38. The lowest BCUT2D eigenvalue weighted by molar-refractivity contribution is -0.115. The number of allylic oxidation sites excluding steroid dienone is 1. The fraction of sp³-hybridized carbons (Fsp3) is 0.250. The van der Waals surface area contributed by atoms with E-state index in [1.165, 1.54) is 28.6 Å². The second-order valence-corrected chi connectivity index (χ2v) is 9.12. The molecule has 4 nitrogen and oxygen atoms in total. The number of amidine groups is 1. The van der Waals surface area contributed by atoms with Gasteiger partial charge in [-0.2, -0.15) is 0 Å². The number of fused-ring (bicyclic) bond motifs is 1. The van der Waals surface area contributed by atoms with Crippen LogP contribution in [-0.2, 0) is 4.79 Å². The van der Waals surface area contributed by atoms with Gasteiger partial charge in [-0.25, -0.2) is 4.99 Å². The first-order chi connectivity index (χ1) is 13.7. The number of nitrogens with zero attached hydrogens (tertiary/aromatic N) is 2. The molecule has 0 saturated carbocycles. The maximum atomic E-state index is 12.5. The van der Waals surface area contributed by atoms with Crippen LogP contribution in [0.2, 0.25) is 0 Å². The van der Waals surface area contributed by atoms with Gasteiger partial charge in [0.2, 0.25) is 0 Å². The normalized spacial score (nSPS) is 20.7. The maximum absolute atomic E-state index is 12.5. The van der Waals surface area contributed by atoms with Gasteiger partial charge in [-0.1, -0.05) is 30.3 Å². The van der Waals surface area contributed by atoms with Crippen LogP contribution in [0.1, 0.15) is 37.5 Å². The molecule has 2 heterocycles. The number of benzene rings is 2. The Labute approximate surface area is 176 Å². The van der Waals surface area contributed by atoms with Crippen LogP contribution in [0.25, 0.3) is 11.6 Å². The molecular formula is C24H25N3OS. The molecule has 2 aromatic rings. The summed E-state index contributed by atoms with van der Waals surface area (Å²) in [6.45, 7) is 8.58. The number of para-hydroxylation sites is 1. The van der Waals surface area contributed by atoms with Crippen LogP contribution < -0.4 is 10.2 Å². The molecule has 0 atom stereocenters. The number of nitrogens with one attached hydrogen (secondary N) is 1. The number of hydrogen-bond acceptors (Lipinski definition) is 4. The van der Waals surface area contributed by atoms with Gasteiger partial charge in [0.05, 0.1) is 16.1 Å². The quantitative estimate of drug-likeness (QED) is 0.672. The number of aryl methyl sites for hydroxylation is 1. The van der Waals surface area contributed by atoms with E-state index in [1.54, 1.807) is 0 Å². The third-order valence-corrected chi connectivity index (χ3v) is 6.44. The number of carbonyl (C=O) groups excluding carboxylic acids is 1. The van der Waals surface area contributed by atoms with Gasteiger partial charge in [0, 0.05) is 18.3 Å². The molecule has 2 aliphatic rings. The van der Waals surface area contributed by atoms with Crippen molar-refractivity contribution < 1.29 is 4.79 Å². The average Bonchev–Trinajstić information content (AvgIpc) is 3.00. The van der Waals surface area contributed by atoms with Gasteiger partial charge in [0.25, 0.3) is 5.91 Å². The summed E-state index contributed by atoms with van der Waals surface area (Å²) < 4.78 is 0. The summed E-state index contributed by atoms with van der Waals surface area (Å²) in [5.41, 5.74) is 6.63. The van der Waals surface area contributed by atoms with Gasteiger partial charge in [0.15, 0.2) is 5.17 Å². The number of amides is 1. The molecular weight excluding hydrogens is 378 g/mol. The summed E-state index contributed by atoms with van der Waals surface area (Å²) in [6.07, 6.45) is 4.23. The van der Waals surface area contributed by atoms with Crippen molar-refractivity contribution in [1.82, 2.24) is 5.32 Å². The molecule has 1 fully saturated rings. The van der Waals surface area contributed by atoms with Crippen LogP contribution in [0.5, 0.6) is 0 Å². The molecule has 0 unspecified atom stereocenters. The van der Waals surface area contributed by atoms with Crippen molar-refractivity contribution in [3.8, 4) is 0 Å². The second-order valence-electron chi connectivity index (χ2n) is 8.08. The van der Waals surface area contributed by atoms with E-state index in [1.807, 2.05) is 37.3 Å². The number of thioether (sulfide) groups is 1. The first kappa shape index (κ1) is 19.5. The lowest BCUT2D eigenvalue weighted by Crippen LogP contribution is -2.42. The fourth-order valence-electron chi connectivity index (χ4n) is 3.70. The molecule has 0 aliphatic carbocycles. The van der Waals surface area contributed by atoms with Gasteiger partial charge in [-0.3, -0.25) is 4.79 Å². The highest BCUT2D eigenvalue weighted by Gasteiger charge is 2.29. The van der Waals surface area contributed by atoms with Crippen LogP contribution in [0.4, 0.5) is 11.4 Å². The van der Waals surface area contributed by atoms with Crippen molar-refractivity contribution in [2.45, 2.75) is 33.2 Å². The minimum absolute atomic E-state index is 0.0147. The largest absolute Gasteiger partial charge is 0.366 e. The highest BCUT2D eigenvalue weighted by atomic mass is 32.2. The number of anilines is 1. The molecule has 0 bridgehead atoms. The van der Waals surface area contributed by atoms with E-state index in [9.17, 15) is 4.79 Å². The Morgan fingerprint density at radius 2 is 1.90 bits per heavy atom. The average molecular weight is 404 g/mol. The summed E-state index contributed by atoms with van der Waals surface area (Å²) in [7, 11) is 2.12. The van der Waals surface area contributed by atoms with E-state index in [0.29, 0.717) is 10.1 Å². The molecule has 0 radical (unpaired) electrons. The van der Waals surface area contributed by atoms with Gasteiger partial charge in [-0.05, 0) is 80.4 Å². The molecule has 5 heteroatoms. The number of rotatable bonds is 2. The lowest BCUT2D eigenvalue weighted by atomic mass is 9.88. The Kier molecular flexibility index (Phi) is 4.87. The van der Waals surface area contributed by atoms with E-state index in [2.05, 4.69) is 67.3 Å². The van der Waals surface area contributed by atoms with Gasteiger partial charge in [0.1, 0.15) is 0 Å². The molecule has 2 aromatic carbocycles. The molecule has 148 valence electrons. The number of aliphatic imine (C=N–C) groups is 1. The summed E-state index contributed by atoms with van der Waals surface area (Å²) in [6, 6.07) is 14.3. The summed E-state index contributed by atoms with van der Waals surface area (Å²) in [4.78, 5) is 20.0. The molecule has 0 spiro atoms. The third-order valence-electron chi connectivity index (χ3n) is 5.53. The molecule has 29 heavy (non-hydrogen) atoms. The van der Waals surface area contributed by atoms with E-state index < -0.39 is 0 Å². The Morgan fingerprint density at radius 3 is 2.66 bits per heavy atom. The first-order valence-corrected chi connectivity index (χ1v) is 10.5. The second kappa shape index (κ2) is 7.23. The van der Waals surface area contributed by atoms with E-state index >= 15 is 0 Å². The third kappa shape index (κ3) is 3.75. The van der Waals surface area contributed by atoms with Crippen molar-refractivity contribution >= 4 is 45.9 Å². The van der Waals surface area contributed by atoms with Crippen LogP contribution in [-0.4, -0.2) is 23.7 Å². The highest BCUT2D eigenvalue weighted by molar-refractivity contribution is 8.18. The Morgan fingerprint density at radius 1 is 1.14 bits per heavy atom. The monoisotopic (exact) mass is 403 g/mol. The van der Waals surface area contributed by atoms with Crippen molar-refractivity contribution in [2.75, 3.05) is 11.9 Å². The maximum Gasteiger partial charge on any atom is 0.264 e. The smallest absolute Gasteiger partial charge is 0.264 e. The zero-order valence-corrected chi connectivity index (χ0v) is 18.2. The summed E-state index contributed by atoms with van der Waals surface area (Å²) in [5.74, 6) is -0.106. The topological polar surface area (TPSA) is 44.7 Å². The number of likely N-dealkylation sites (N-methyl/N-ethyl adjacent to an activating group) is 1. The van der Waals surface area contributed by atoms with Crippen LogP contribution >= 0.6 is 11.8 Å². The zero-order valence-electron chi connectivity index (χ0n) is 17.4. The fourth-order valence-corrected chi connectivity index (χ4v) is 4.53. The van der Waals surface area contributed by atoms with Crippen molar-refractivity contribution in [1.29, 1.82) is 0 Å². The van der Waals surface area contributed by atoms with Crippen molar-refractivity contribution in [3.63, 3.8) is 0 Å². The molecule has 1 N–H and O–H groups in total. The van der Waals surface area contributed by atoms with Crippen LogP contribution in [0.3, 0.4) is 0 Å². The van der Waals surface area contributed by atoms with Gasteiger partial charge < -0.3 is 10.2 Å². The lowest BCUT2D eigenvalue weighted by Gasteiger charge is -2.40.